The molecule has 0 bridgehead atoms. The van der Waals surface area contributed by atoms with E-state index < -0.39 is 0 Å². The van der Waals surface area contributed by atoms with Crippen LogP contribution in [0.5, 0.6) is 0 Å². The molecule has 11 heavy (non-hydrogen) atoms. The molecule has 1 aliphatic rings. The Labute approximate surface area is 72.2 Å². The topological polar surface area (TPSA) is 38.3 Å². The summed E-state index contributed by atoms with van der Waals surface area (Å²) in [6.07, 6.45) is 4.73. The molecular formula is C7H12ClNO2. The molecule has 1 N–H and O–H groups in total. The largest absolute Gasteiger partial charge is 0.468 e. The molecular weight excluding hydrogens is 166 g/mol. The first-order valence-corrected chi connectivity index (χ1v) is 3.31. The first-order chi connectivity index (χ1) is 4.84. The van der Waals surface area contributed by atoms with Crippen molar-refractivity contribution in [1.29, 1.82) is 0 Å². The Morgan fingerprint density at radius 3 is 2.82 bits per heavy atom. The van der Waals surface area contributed by atoms with Crippen LogP contribution in [-0.4, -0.2) is 25.7 Å². The molecule has 0 unspecified atom stereocenters. The van der Waals surface area contributed by atoms with Gasteiger partial charge in [-0.25, -0.2) is 0 Å². The van der Waals surface area contributed by atoms with Crippen molar-refractivity contribution in [2.45, 2.75) is 12.5 Å². The molecule has 0 aromatic heterocycles. The maximum Gasteiger partial charge on any atom is 0.323 e. The summed E-state index contributed by atoms with van der Waals surface area (Å²) in [6, 6.07) is -0.130. The molecule has 0 fully saturated rings. The van der Waals surface area contributed by atoms with Gasteiger partial charge in [0.15, 0.2) is 0 Å². The van der Waals surface area contributed by atoms with E-state index in [2.05, 4.69) is 10.1 Å². The van der Waals surface area contributed by atoms with E-state index in [-0.39, 0.29) is 24.4 Å². The highest BCUT2D eigenvalue weighted by Crippen LogP contribution is 2.00. The predicted octanol–water partition coefficient (Wildman–Crippen LogP) is 0.499. The number of nitrogens with one attached hydrogen (secondary N) is 1. The Morgan fingerprint density at radius 1 is 1.64 bits per heavy atom. The van der Waals surface area contributed by atoms with Gasteiger partial charge in [-0.1, -0.05) is 12.2 Å². The average molecular weight is 178 g/mol. The quantitative estimate of drug-likeness (QED) is 0.468. The molecule has 0 spiro atoms. The number of ether oxygens (including phenoxy) is 1. The van der Waals surface area contributed by atoms with Crippen LogP contribution in [0.4, 0.5) is 0 Å². The van der Waals surface area contributed by atoms with Crippen molar-refractivity contribution in [2.24, 2.45) is 0 Å². The van der Waals surface area contributed by atoms with Gasteiger partial charge in [0.25, 0.3) is 0 Å². The van der Waals surface area contributed by atoms with Crippen LogP contribution in [0.25, 0.3) is 0 Å². The second-order valence-corrected chi connectivity index (χ2v) is 2.19. The zero-order valence-corrected chi connectivity index (χ0v) is 7.19. The second-order valence-electron chi connectivity index (χ2n) is 2.19. The average Bonchev–Trinajstić information content (AvgIpc) is 2.05. The smallest absolute Gasteiger partial charge is 0.323 e. The molecule has 0 saturated heterocycles. The van der Waals surface area contributed by atoms with Crippen molar-refractivity contribution in [3.8, 4) is 0 Å². The second kappa shape index (κ2) is 5.16. The van der Waals surface area contributed by atoms with Gasteiger partial charge < -0.3 is 10.1 Å². The highest BCUT2D eigenvalue weighted by Gasteiger charge is 2.17. The zero-order chi connectivity index (χ0) is 7.40. The lowest BCUT2D eigenvalue weighted by atomic mass is 10.1. The number of esters is 1. The van der Waals surface area contributed by atoms with Gasteiger partial charge in [0.2, 0.25) is 0 Å². The Kier molecular flexibility index (Phi) is 4.90. The van der Waals surface area contributed by atoms with Gasteiger partial charge in [0.05, 0.1) is 7.11 Å². The van der Waals surface area contributed by atoms with Crippen LogP contribution in [0.3, 0.4) is 0 Å². The van der Waals surface area contributed by atoms with Crippen LogP contribution >= 0.6 is 12.4 Å². The number of carbonyl (C=O) groups excluding carboxylic acids is 1. The van der Waals surface area contributed by atoms with Crippen LogP contribution in [0.1, 0.15) is 6.42 Å². The lowest BCUT2D eigenvalue weighted by Gasteiger charge is -2.16. The third kappa shape index (κ3) is 2.91. The SMILES string of the molecule is COC(=O)[C@H]1CC=CCN1.Cl. The Morgan fingerprint density at radius 2 is 2.36 bits per heavy atom. The van der Waals surface area contributed by atoms with Gasteiger partial charge in [0, 0.05) is 6.54 Å². The zero-order valence-electron chi connectivity index (χ0n) is 6.37. The van der Waals surface area contributed by atoms with E-state index >= 15 is 0 Å². The van der Waals surface area contributed by atoms with E-state index in [1.54, 1.807) is 0 Å². The molecule has 4 heteroatoms. The lowest BCUT2D eigenvalue weighted by Crippen LogP contribution is -2.39. The highest BCUT2D eigenvalue weighted by molar-refractivity contribution is 5.85. The third-order valence-electron chi connectivity index (χ3n) is 1.51. The number of rotatable bonds is 1. The van der Waals surface area contributed by atoms with Gasteiger partial charge >= 0.3 is 5.97 Å². The van der Waals surface area contributed by atoms with Crippen molar-refractivity contribution in [3.63, 3.8) is 0 Å². The molecule has 1 rings (SSSR count). The minimum absolute atomic E-state index is 0. The molecule has 1 aliphatic heterocycles. The van der Waals surface area contributed by atoms with E-state index in [1.807, 2.05) is 12.2 Å². The number of halogens is 1. The fraction of sp³-hybridized carbons (Fsp3) is 0.571. The summed E-state index contributed by atoms with van der Waals surface area (Å²) < 4.78 is 4.55. The van der Waals surface area contributed by atoms with E-state index in [1.165, 1.54) is 7.11 Å². The van der Waals surface area contributed by atoms with Gasteiger partial charge in [-0.15, -0.1) is 12.4 Å². The first-order valence-electron chi connectivity index (χ1n) is 3.31. The van der Waals surface area contributed by atoms with Crippen LogP contribution < -0.4 is 5.32 Å². The molecule has 0 saturated carbocycles. The fourth-order valence-electron chi connectivity index (χ4n) is 0.931. The van der Waals surface area contributed by atoms with Crippen molar-refractivity contribution in [1.82, 2.24) is 5.32 Å². The molecule has 0 aromatic rings. The Hall–Kier alpha value is -0.540. The standard InChI is InChI=1S/C7H11NO2.ClH/c1-10-7(9)6-4-2-3-5-8-6;/h2-3,6,8H,4-5H2,1H3;1H/t6-;/m1./s1. The summed E-state index contributed by atoms with van der Waals surface area (Å²) in [5.74, 6) is -0.177. The minimum atomic E-state index is -0.177. The number of methoxy groups -OCH3 is 1. The normalized spacial score (nSPS) is 22.1. The monoisotopic (exact) mass is 177 g/mol. The summed E-state index contributed by atoms with van der Waals surface area (Å²) >= 11 is 0. The van der Waals surface area contributed by atoms with Crippen LogP contribution in [0, 0.1) is 0 Å². The summed E-state index contributed by atoms with van der Waals surface area (Å²) in [5, 5.41) is 3.01. The van der Waals surface area contributed by atoms with Crippen LogP contribution in [0.15, 0.2) is 12.2 Å². The van der Waals surface area contributed by atoms with Crippen molar-refractivity contribution >= 4 is 18.4 Å². The lowest BCUT2D eigenvalue weighted by molar-refractivity contribution is -0.143. The van der Waals surface area contributed by atoms with E-state index in [0.717, 1.165) is 13.0 Å². The Balaban J connectivity index is 0.000001000. The van der Waals surface area contributed by atoms with Crippen molar-refractivity contribution < 1.29 is 9.53 Å². The number of hydrogen-bond acceptors (Lipinski definition) is 3. The molecule has 64 valence electrons. The molecule has 0 radical (unpaired) electrons. The van der Waals surface area contributed by atoms with Crippen molar-refractivity contribution in [3.05, 3.63) is 12.2 Å². The molecule has 0 aromatic carbocycles. The van der Waals surface area contributed by atoms with E-state index in [4.69, 9.17) is 0 Å². The maximum absolute atomic E-state index is 10.8. The van der Waals surface area contributed by atoms with E-state index in [9.17, 15) is 4.79 Å². The van der Waals surface area contributed by atoms with Crippen molar-refractivity contribution in [2.75, 3.05) is 13.7 Å². The first kappa shape index (κ1) is 10.5. The highest BCUT2D eigenvalue weighted by atomic mass is 35.5. The molecule has 0 amide bonds. The molecule has 1 heterocycles. The van der Waals surface area contributed by atoms with Gasteiger partial charge in [0.1, 0.15) is 6.04 Å². The summed E-state index contributed by atoms with van der Waals surface area (Å²) in [7, 11) is 1.41. The predicted molar refractivity (Wildman–Crippen MR) is 44.8 cm³/mol. The summed E-state index contributed by atoms with van der Waals surface area (Å²) in [4.78, 5) is 10.8. The molecule has 1 atom stereocenters. The number of hydrogen-bond donors (Lipinski definition) is 1. The Bertz CT molecular complexity index is 159. The fourth-order valence-corrected chi connectivity index (χ4v) is 0.931. The summed E-state index contributed by atoms with van der Waals surface area (Å²) in [5.41, 5.74) is 0. The third-order valence-corrected chi connectivity index (χ3v) is 1.51. The van der Waals surface area contributed by atoms with E-state index in [0.29, 0.717) is 0 Å². The molecule has 0 aliphatic carbocycles. The van der Waals surface area contributed by atoms with Gasteiger partial charge in [-0.2, -0.15) is 0 Å². The van der Waals surface area contributed by atoms with Crippen LogP contribution in [-0.2, 0) is 9.53 Å². The maximum atomic E-state index is 10.8. The number of carbonyl (C=O) groups is 1. The minimum Gasteiger partial charge on any atom is -0.468 e. The summed E-state index contributed by atoms with van der Waals surface area (Å²) in [6.45, 7) is 0.764. The van der Waals surface area contributed by atoms with Crippen LogP contribution in [0.2, 0.25) is 0 Å². The molecule has 3 nitrogen and oxygen atoms in total. The van der Waals surface area contributed by atoms with Gasteiger partial charge in [-0.3, -0.25) is 4.79 Å². The van der Waals surface area contributed by atoms with Gasteiger partial charge in [-0.05, 0) is 6.42 Å².